The van der Waals surface area contributed by atoms with Gasteiger partial charge in [-0.25, -0.2) is 9.97 Å². The fourth-order valence-electron chi connectivity index (χ4n) is 1.85. The lowest BCUT2D eigenvalue weighted by molar-refractivity contribution is 0.535. The normalized spacial score (nSPS) is 10.8. The lowest BCUT2D eigenvalue weighted by Crippen LogP contribution is -2.15. The molecule has 4 heteroatoms. The van der Waals surface area contributed by atoms with Crippen LogP contribution in [0.3, 0.4) is 0 Å². The third-order valence-electron chi connectivity index (χ3n) is 2.74. The molecule has 2 heterocycles. The first-order valence-corrected chi connectivity index (χ1v) is 6.30. The molecule has 0 unspecified atom stereocenters. The van der Waals surface area contributed by atoms with E-state index in [-0.39, 0.29) is 0 Å². The molecule has 0 saturated carbocycles. The monoisotopic (exact) mass is 245 g/mol. The zero-order valence-corrected chi connectivity index (χ0v) is 11.2. The van der Waals surface area contributed by atoms with Gasteiger partial charge < -0.3 is 9.73 Å². The summed E-state index contributed by atoms with van der Waals surface area (Å²) in [6, 6.07) is 3.93. The Morgan fingerprint density at radius 1 is 1.28 bits per heavy atom. The van der Waals surface area contributed by atoms with Crippen molar-refractivity contribution in [2.75, 3.05) is 6.54 Å². The summed E-state index contributed by atoms with van der Waals surface area (Å²) in [7, 11) is 0. The first-order chi connectivity index (χ1) is 8.70. The molecule has 0 saturated heterocycles. The molecule has 0 aromatic carbocycles. The van der Waals surface area contributed by atoms with E-state index >= 15 is 0 Å². The van der Waals surface area contributed by atoms with Crippen LogP contribution in [-0.2, 0) is 6.54 Å². The zero-order valence-electron chi connectivity index (χ0n) is 11.2. The molecule has 2 aromatic rings. The number of aromatic nitrogens is 2. The van der Waals surface area contributed by atoms with Crippen molar-refractivity contribution in [1.29, 1.82) is 0 Å². The van der Waals surface area contributed by atoms with Crippen LogP contribution in [-0.4, -0.2) is 16.5 Å². The number of nitrogens with zero attached hydrogens (tertiary/aromatic N) is 2. The summed E-state index contributed by atoms with van der Waals surface area (Å²) in [6.07, 6.45) is 2.79. The summed E-state index contributed by atoms with van der Waals surface area (Å²) in [4.78, 5) is 9.04. The number of nitrogens with one attached hydrogen (secondary N) is 1. The van der Waals surface area contributed by atoms with Crippen LogP contribution in [0, 0.1) is 13.8 Å². The molecule has 0 atom stereocenters. The Morgan fingerprint density at radius 3 is 2.78 bits per heavy atom. The Bertz CT molecular complexity index is 520. The van der Waals surface area contributed by atoms with Crippen LogP contribution in [0.15, 0.2) is 22.8 Å². The van der Waals surface area contributed by atoms with E-state index in [9.17, 15) is 0 Å². The minimum absolute atomic E-state index is 0.745. The predicted molar refractivity (Wildman–Crippen MR) is 71.2 cm³/mol. The van der Waals surface area contributed by atoms with Gasteiger partial charge in [-0.2, -0.15) is 0 Å². The average molecular weight is 245 g/mol. The van der Waals surface area contributed by atoms with Gasteiger partial charge in [0.05, 0.1) is 17.5 Å². The summed E-state index contributed by atoms with van der Waals surface area (Å²) in [5.41, 5.74) is 2.97. The van der Waals surface area contributed by atoms with Crippen molar-refractivity contribution in [2.45, 2.75) is 33.7 Å². The summed E-state index contributed by atoms with van der Waals surface area (Å²) in [5, 5.41) is 3.35. The first kappa shape index (κ1) is 12.8. The highest BCUT2D eigenvalue weighted by Crippen LogP contribution is 2.21. The van der Waals surface area contributed by atoms with Gasteiger partial charge in [0.15, 0.2) is 5.82 Å². The molecule has 0 aliphatic rings. The number of aryl methyl sites for hydroxylation is 2. The highest BCUT2D eigenvalue weighted by molar-refractivity contribution is 5.57. The van der Waals surface area contributed by atoms with Gasteiger partial charge in [0.1, 0.15) is 5.76 Å². The van der Waals surface area contributed by atoms with Gasteiger partial charge in [-0.15, -0.1) is 0 Å². The van der Waals surface area contributed by atoms with Crippen LogP contribution in [0.1, 0.15) is 30.5 Å². The zero-order chi connectivity index (χ0) is 13.0. The molecule has 0 amide bonds. The Morgan fingerprint density at radius 2 is 2.11 bits per heavy atom. The van der Waals surface area contributed by atoms with Gasteiger partial charge in [-0.05, 0) is 38.9 Å². The third kappa shape index (κ3) is 2.96. The molecule has 0 fully saturated rings. The second kappa shape index (κ2) is 5.78. The molecule has 1 N–H and O–H groups in total. The van der Waals surface area contributed by atoms with Gasteiger partial charge in [0.2, 0.25) is 0 Å². The Kier molecular flexibility index (Phi) is 4.10. The van der Waals surface area contributed by atoms with E-state index in [0.29, 0.717) is 0 Å². The van der Waals surface area contributed by atoms with E-state index in [4.69, 9.17) is 4.42 Å². The molecule has 18 heavy (non-hydrogen) atoms. The highest BCUT2D eigenvalue weighted by Gasteiger charge is 2.09. The molecule has 96 valence electrons. The number of hydrogen-bond acceptors (Lipinski definition) is 4. The number of hydrogen-bond donors (Lipinski definition) is 1. The van der Waals surface area contributed by atoms with Gasteiger partial charge in [-0.3, -0.25) is 0 Å². The second-order valence-corrected chi connectivity index (χ2v) is 4.39. The molecular formula is C14H19N3O. The van der Waals surface area contributed by atoms with Crippen molar-refractivity contribution >= 4 is 0 Å². The summed E-state index contributed by atoms with van der Waals surface area (Å²) in [6.45, 7) is 7.85. The molecule has 0 radical (unpaired) electrons. The maximum Gasteiger partial charge on any atom is 0.163 e. The van der Waals surface area contributed by atoms with E-state index in [2.05, 4.69) is 22.2 Å². The molecule has 2 aromatic heterocycles. The van der Waals surface area contributed by atoms with Crippen LogP contribution >= 0.6 is 0 Å². The Hall–Kier alpha value is -1.68. The van der Waals surface area contributed by atoms with E-state index < -0.39 is 0 Å². The van der Waals surface area contributed by atoms with E-state index in [0.717, 1.165) is 48.0 Å². The van der Waals surface area contributed by atoms with Crippen molar-refractivity contribution in [3.8, 4) is 11.4 Å². The largest absolute Gasteiger partial charge is 0.469 e. The molecular weight excluding hydrogens is 226 g/mol. The van der Waals surface area contributed by atoms with Crippen molar-refractivity contribution in [3.05, 3.63) is 35.5 Å². The lowest BCUT2D eigenvalue weighted by Gasteiger charge is -2.06. The second-order valence-electron chi connectivity index (χ2n) is 4.39. The number of furan rings is 1. The van der Waals surface area contributed by atoms with Crippen LogP contribution < -0.4 is 5.32 Å². The SMILES string of the molecule is CCCNCc1cc(C)nc(-c2ccoc2C)n1. The van der Waals surface area contributed by atoms with Crippen LogP contribution in [0.2, 0.25) is 0 Å². The topological polar surface area (TPSA) is 51.0 Å². The van der Waals surface area contributed by atoms with E-state index in [1.54, 1.807) is 6.26 Å². The van der Waals surface area contributed by atoms with Gasteiger partial charge in [-0.1, -0.05) is 6.92 Å². The molecule has 2 rings (SSSR count). The van der Waals surface area contributed by atoms with Gasteiger partial charge in [0, 0.05) is 12.2 Å². The first-order valence-electron chi connectivity index (χ1n) is 6.30. The maximum atomic E-state index is 5.30. The van der Waals surface area contributed by atoms with Crippen molar-refractivity contribution in [3.63, 3.8) is 0 Å². The van der Waals surface area contributed by atoms with Gasteiger partial charge >= 0.3 is 0 Å². The minimum Gasteiger partial charge on any atom is -0.469 e. The molecule has 0 bridgehead atoms. The smallest absolute Gasteiger partial charge is 0.163 e. The van der Waals surface area contributed by atoms with Crippen molar-refractivity contribution in [2.24, 2.45) is 0 Å². The summed E-state index contributed by atoms with van der Waals surface area (Å²) in [5.74, 6) is 1.60. The molecule has 0 spiro atoms. The summed E-state index contributed by atoms with van der Waals surface area (Å²) < 4.78 is 5.30. The third-order valence-corrected chi connectivity index (χ3v) is 2.74. The van der Waals surface area contributed by atoms with E-state index in [1.165, 1.54) is 0 Å². The molecule has 0 aliphatic heterocycles. The standard InChI is InChI=1S/C14H19N3O/c1-4-6-15-9-12-8-10(2)16-14(17-12)13-5-7-18-11(13)3/h5,7-8,15H,4,6,9H2,1-3H3. The molecule has 4 nitrogen and oxygen atoms in total. The fourth-order valence-corrected chi connectivity index (χ4v) is 1.85. The molecule has 0 aliphatic carbocycles. The van der Waals surface area contributed by atoms with Crippen LogP contribution in [0.25, 0.3) is 11.4 Å². The fraction of sp³-hybridized carbons (Fsp3) is 0.429. The van der Waals surface area contributed by atoms with E-state index in [1.807, 2.05) is 26.0 Å². The Labute approximate surface area is 107 Å². The average Bonchev–Trinajstić information content (AvgIpc) is 2.75. The van der Waals surface area contributed by atoms with Crippen molar-refractivity contribution < 1.29 is 4.42 Å². The van der Waals surface area contributed by atoms with Crippen LogP contribution in [0.5, 0.6) is 0 Å². The Balaban J connectivity index is 2.24. The van der Waals surface area contributed by atoms with Gasteiger partial charge in [0.25, 0.3) is 0 Å². The summed E-state index contributed by atoms with van der Waals surface area (Å²) >= 11 is 0. The number of rotatable bonds is 5. The quantitative estimate of drug-likeness (QED) is 0.823. The minimum atomic E-state index is 0.745. The van der Waals surface area contributed by atoms with Crippen LogP contribution in [0.4, 0.5) is 0 Å². The predicted octanol–water partition coefficient (Wildman–Crippen LogP) is 2.85. The van der Waals surface area contributed by atoms with Crippen molar-refractivity contribution in [1.82, 2.24) is 15.3 Å². The highest BCUT2D eigenvalue weighted by atomic mass is 16.3. The lowest BCUT2D eigenvalue weighted by atomic mass is 10.2. The maximum absolute atomic E-state index is 5.30.